The highest BCUT2D eigenvalue weighted by molar-refractivity contribution is 7.13. The number of thiazole rings is 1. The third kappa shape index (κ3) is 2.57. The van der Waals surface area contributed by atoms with Gasteiger partial charge in [0.15, 0.2) is 0 Å². The minimum absolute atomic E-state index is 0.113. The summed E-state index contributed by atoms with van der Waals surface area (Å²) in [6.07, 6.45) is 0.599. The van der Waals surface area contributed by atoms with Crippen LogP contribution in [-0.2, 0) is 4.79 Å². The molecule has 2 rings (SSSR count). The maximum atomic E-state index is 10.4. The molecule has 5 heteroatoms. The first kappa shape index (κ1) is 12.7. The highest BCUT2D eigenvalue weighted by Gasteiger charge is 2.10. The Balaban J connectivity index is 2.24. The number of rotatable bonds is 5. The summed E-state index contributed by atoms with van der Waals surface area (Å²) in [5, 5.41) is 11.8. The molecule has 0 radical (unpaired) electrons. The van der Waals surface area contributed by atoms with Crippen LogP contribution in [-0.4, -0.2) is 23.1 Å². The number of amides is 1. The van der Waals surface area contributed by atoms with Gasteiger partial charge in [-0.15, -0.1) is 11.3 Å². The largest absolute Gasteiger partial charge is 0.394 e. The third-order valence-electron chi connectivity index (χ3n) is 2.77. The fourth-order valence-corrected chi connectivity index (χ4v) is 2.59. The van der Waals surface area contributed by atoms with Gasteiger partial charge >= 0.3 is 0 Å². The molecule has 1 atom stereocenters. The summed E-state index contributed by atoms with van der Waals surface area (Å²) in [6, 6.07) is 7.42. The molecule has 1 aromatic heterocycles. The normalized spacial score (nSPS) is 12.1. The van der Waals surface area contributed by atoms with Crippen LogP contribution in [0.25, 0.3) is 10.4 Å². The molecule has 0 aliphatic heterocycles. The highest BCUT2D eigenvalue weighted by atomic mass is 32.1. The number of aryl methyl sites for hydroxylation is 1. The molecule has 0 unspecified atom stereocenters. The summed E-state index contributed by atoms with van der Waals surface area (Å²) in [6.45, 7) is 1.86. The number of carbonyl (C=O) groups is 1. The Morgan fingerprint density at radius 3 is 2.67 bits per heavy atom. The van der Waals surface area contributed by atoms with Crippen molar-refractivity contribution in [3.63, 3.8) is 0 Å². The molecule has 18 heavy (non-hydrogen) atoms. The summed E-state index contributed by atoms with van der Waals surface area (Å²) < 4.78 is 0. The fraction of sp³-hybridized carbons (Fsp3) is 0.231. The van der Waals surface area contributed by atoms with Crippen molar-refractivity contribution in [3.8, 4) is 10.4 Å². The van der Waals surface area contributed by atoms with Crippen LogP contribution in [0.2, 0.25) is 0 Å². The van der Waals surface area contributed by atoms with Crippen molar-refractivity contribution in [2.45, 2.75) is 13.0 Å². The molecule has 1 aromatic carbocycles. The monoisotopic (exact) mass is 262 g/mol. The van der Waals surface area contributed by atoms with Crippen molar-refractivity contribution in [3.05, 3.63) is 41.0 Å². The van der Waals surface area contributed by atoms with Crippen LogP contribution in [0.3, 0.4) is 0 Å². The molecule has 94 valence electrons. The lowest BCUT2D eigenvalue weighted by molar-refractivity contribution is -0.110. The average molecular weight is 262 g/mol. The van der Waals surface area contributed by atoms with E-state index in [1.54, 1.807) is 11.3 Å². The highest BCUT2D eigenvalue weighted by Crippen LogP contribution is 2.28. The molecule has 4 nitrogen and oxygen atoms in total. The van der Waals surface area contributed by atoms with Crippen LogP contribution in [0.4, 0.5) is 0 Å². The molecular formula is C13H14N2O2S. The van der Waals surface area contributed by atoms with Crippen LogP contribution in [0, 0.1) is 6.92 Å². The predicted molar refractivity (Wildman–Crippen MR) is 71.3 cm³/mol. The second-order valence-corrected chi connectivity index (χ2v) is 4.76. The van der Waals surface area contributed by atoms with Crippen LogP contribution < -0.4 is 5.32 Å². The summed E-state index contributed by atoms with van der Waals surface area (Å²) in [5.74, 6) is 0. The van der Waals surface area contributed by atoms with Crippen LogP contribution in [0.15, 0.2) is 29.8 Å². The van der Waals surface area contributed by atoms with Gasteiger partial charge in [0.1, 0.15) is 0 Å². The zero-order chi connectivity index (χ0) is 13.0. The number of hydrogen-bond acceptors (Lipinski definition) is 4. The Morgan fingerprint density at radius 2 is 2.17 bits per heavy atom. The SMILES string of the molecule is Cc1ncsc1-c1ccc([C@H](CO)NC=O)cc1. The van der Waals surface area contributed by atoms with Crippen molar-refractivity contribution in [1.29, 1.82) is 0 Å². The Morgan fingerprint density at radius 1 is 1.44 bits per heavy atom. The van der Waals surface area contributed by atoms with E-state index in [-0.39, 0.29) is 12.6 Å². The molecule has 0 bridgehead atoms. The first-order valence-corrected chi connectivity index (χ1v) is 6.45. The van der Waals surface area contributed by atoms with Crippen molar-refractivity contribution in [2.24, 2.45) is 0 Å². The number of carbonyl (C=O) groups excluding carboxylic acids is 1. The van der Waals surface area contributed by atoms with Gasteiger partial charge in [-0.05, 0) is 18.1 Å². The van der Waals surface area contributed by atoms with Crippen molar-refractivity contribution >= 4 is 17.7 Å². The standard InChI is InChI=1S/C13H14N2O2S/c1-9-13(18-8-15-9)11-4-2-10(3-5-11)12(6-16)14-7-17/h2-5,7-8,12,16H,6H2,1H3,(H,14,17)/t12-/m0/s1. The minimum atomic E-state index is -0.348. The van der Waals surface area contributed by atoms with Gasteiger partial charge in [-0.3, -0.25) is 4.79 Å². The molecule has 0 spiro atoms. The molecular weight excluding hydrogens is 248 g/mol. The Kier molecular flexibility index (Phi) is 4.07. The molecule has 0 saturated carbocycles. The van der Waals surface area contributed by atoms with Gasteiger partial charge in [-0.2, -0.15) is 0 Å². The molecule has 0 aliphatic carbocycles. The molecule has 1 amide bonds. The molecule has 2 aromatic rings. The van der Waals surface area contributed by atoms with Gasteiger partial charge in [-0.25, -0.2) is 4.98 Å². The van der Waals surface area contributed by atoms with Crippen molar-refractivity contribution in [1.82, 2.24) is 10.3 Å². The van der Waals surface area contributed by atoms with Crippen molar-refractivity contribution < 1.29 is 9.90 Å². The van der Waals surface area contributed by atoms with E-state index in [4.69, 9.17) is 0 Å². The fourth-order valence-electron chi connectivity index (χ4n) is 1.78. The Bertz CT molecular complexity index is 522. The molecule has 0 fully saturated rings. The minimum Gasteiger partial charge on any atom is -0.394 e. The zero-order valence-corrected chi connectivity index (χ0v) is 10.8. The first-order valence-electron chi connectivity index (χ1n) is 5.57. The van der Waals surface area contributed by atoms with Gasteiger partial charge < -0.3 is 10.4 Å². The first-order chi connectivity index (χ1) is 8.76. The van der Waals surface area contributed by atoms with Gasteiger partial charge in [0.2, 0.25) is 6.41 Å². The molecule has 1 heterocycles. The molecule has 0 aliphatic rings. The number of aliphatic hydroxyl groups is 1. The van der Waals surface area contributed by atoms with Crippen molar-refractivity contribution in [2.75, 3.05) is 6.61 Å². The van der Waals surface area contributed by atoms with E-state index in [0.29, 0.717) is 6.41 Å². The lowest BCUT2D eigenvalue weighted by Gasteiger charge is -2.13. The summed E-state index contributed by atoms with van der Waals surface area (Å²) in [7, 11) is 0. The second-order valence-electron chi connectivity index (χ2n) is 3.91. The zero-order valence-electron chi connectivity index (χ0n) is 9.96. The maximum Gasteiger partial charge on any atom is 0.207 e. The van der Waals surface area contributed by atoms with E-state index in [1.165, 1.54) is 0 Å². The van der Waals surface area contributed by atoms with Crippen LogP contribution in [0.5, 0.6) is 0 Å². The van der Waals surface area contributed by atoms with E-state index in [0.717, 1.165) is 21.7 Å². The van der Waals surface area contributed by atoms with E-state index in [9.17, 15) is 9.90 Å². The van der Waals surface area contributed by atoms with E-state index in [1.807, 2.05) is 36.7 Å². The van der Waals surface area contributed by atoms with E-state index >= 15 is 0 Å². The summed E-state index contributed by atoms with van der Waals surface area (Å²) in [4.78, 5) is 15.8. The smallest absolute Gasteiger partial charge is 0.207 e. The number of aliphatic hydroxyl groups excluding tert-OH is 1. The number of aromatic nitrogens is 1. The van der Waals surface area contributed by atoms with Gasteiger partial charge in [0.25, 0.3) is 0 Å². The Hall–Kier alpha value is -1.72. The van der Waals surface area contributed by atoms with Gasteiger partial charge in [0.05, 0.1) is 28.7 Å². The lowest BCUT2D eigenvalue weighted by atomic mass is 10.0. The van der Waals surface area contributed by atoms with Crippen LogP contribution in [0.1, 0.15) is 17.3 Å². The number of nitrogens with one attached hydrogen (secondary N) is 1. The molecule has 2 N–H and O–H groups in total. The average Bonchev–Trinajstić information content (AvgIpc) is 2.82. The van der Waals surface area contributed by atoms with Gasteiger partial charge in [-0.1, -0.05) is 24.3 Å². The van der Waals surface area contributed by atoms with Crippen LogP contribution >= 0.6 is 11.3 Å². The quantitative estimate of drug-likeness (QED) is 0.809. The third-order valence-corrected chi connectivity index (χ3v) is 3.75. The Labute approximate surface area is 109 Å². The number of hydrogen-bond donors (Lipinski definition) is 2. The number of nitrogens with zero attached hydrogens (tertiary/aromatic N) is 1. The second kappa shape index (κ2) is 5.75. The van der Waals surface area contributed by atoms with E-state index < -0.39 is 0 Å². The molecule has 0 saturated heterocycles. The number of benzene rings is 1. The van der Waals surface area contributed by atoms with Gasteiger partial charge in [0, 0.05) is 0 Å². The summed E-state index contributed by atoms with van der Waals surface area (Å²) >= 11 is 1.60. The summed E-state index contributed by atoms with van der Waals surface area (Å²) in [5.41, 5.74) is 4.82. The lowest BCUT2D eigenvalue weighted by Crippen LogP contribution is -2.22. The topological polar surface area (TPSA) is 62.2 Å². The van der Waals surface area contributed by atoms with E-state index in [2.05, 4.69) is 10.3 Å². The predicted octanol–water partition coefficient (Wildman–Crippen LogP) is 1.90. The maximum absolute atomic E-state index is 10.4.